The Morgan fingerprint density at radius 3 is 1.70 bits per heavy atom. The molecule has 0 aliphatic carbocycles. The average Bonchev–Trinajstić information content (AvgIpc) is 1.74. The predicted octanol–water partition coefficient (Wildman–Crippen LogP) is 10.4. The normalized spacial score (nSPS) is 20.7. The number of hydrogen-bond donors (Lipinski definition) is 0. The summed E-state index contributed by atoms with van der Waals surface area (Å²) in [5.41, 5.74) is 2.34. The van der Waals surface area contributed by atoms with Crippen LogP contribution in [-0.2, 0) is 84.3 Å². The van der Waals surface area contributed by atoms with E-state index in [2.05, 4.69) is 12.1 Å². The second-order valence-electron chi connectivity index (χ2n) is 22.0. The van der Waals surface area contributed by atoms with Gasteiger partial charge in [-0.2, -0.15) is 10.5 Å². The average molecular weight is 1210 g/mol. The first-order valence-electron chi connectivity index (χ1n) is 28.2. The van der Waals surface area contributed by atoms with Crippen LogP contribution in [0.25, 0.3) is 22.3 Å². The summed E-state index contributed by atoms with van der Waals surface area (Å²) in [5, 5.41) is 20.9. The van der Waals surface area contributed by atoms with Crippen LogP contribution in [0.4, 0.5) is 21.5 Å². The standard InChI is InChI=1S/C66H45ClFN7O12S/c1-79-55-23-37(43-26-40(28-69)86-50(43)31-73-46-7-3-5-34-15-18-83-64(57(34)46,61(73)76)39-10-13-48-49(25-39)82-33-81-48)21-52(71-55)65-58-35(16-19-84-65)6-4-8-47(58)74(62(65)77)32-51-44(27-41(29-70)87-51)38-22-53(72-56(24-38)80-2)66-59-36(17-20-85-66)9-12-45(68)60(59)75(63(66)78)30-42-11-14-54(67)88-42/h3-14,21-27H,15-20,30-33H2,1-2H3. The number of methoxy groups -OCH3 is 2. The first-order valence-corrected chi connectivity index (χ1v) is 29.4. The Morgan fingerprint density at radius 1 is 0.602 bits per heavy atom. The number of fused-ring (bicyclic) bond motifs is 1. The van der Waals surface area contributed by atoms with Gasteiger partial charge in [0.05, 0.1) is 86.5 Å². The monoisotopic (exact) mass is 1210 g/mol. The summed E-state index contributed by atoms with van der Waals surface area (Å²) in [6.07, 6.45) is 1.43. The van der Waals surface area contributed by atoms with Gasteiger partial charge in [-0.05, 0) is 102 Å². The van der Waals surface area contributed by atoms with E-state index in [0.717, 1.165) is 16.0 Å². The Balaban J connectivity index is 0.777. The lowest BCUT2D eigenvalue weighted by molar-refractivity contribution is -0.140. The highest BCUT2D eigenvalue weighted by atomic mass is 35.5. The summed E-state index contributed by atoms with van der Waals surface area (Å²) < 4.78 is 72.6. The summed E-state index contributed by atoms with van der Waals surface area (Å²) in [7, 11) is 2.87. The number of thiophene rings is 1. The van der Waals surface area contributed by atoms with E-state index in [1.165, 1.54) is 47.5 Å². The Morgan fingerprint density at radius 2 is 1.14 bits per heavy atom. The van der Waals surface area contributed by atoms with Gasteiger partial charge < -0.3 is 56.7 Å². The lowest BCUT2D eigenvalue weighted by Crippen LogP contribution is -2.46. The number of rotatable bonds is 13. The number of nitriles is 2. The van der Waals surface area contributed by atoms with Gasteiger partial charge in [-0.1, -0.05) is 48.0 Å². The molecule has 436 valence electrons. The third-order valence-electron chi connectivity index (χ3n) is 17.6. The molecule has 0 saturated heterocycles. The maximum atomic E-state index is 16.3. The number of pyridine rings is 2. The molecule has 0 N–H and O–H groups in total. The zero-order valence-electron chi connectivity index (χ0n) is 46.7. The minimum Gasteiger partial charge on any atom is -0.481 e. The summed E-state index contributed by atoms with van der Waals surface area (Å²) >= 11 is 7.60. The molecule has 12 heterocycles. The summed E-state index contributed by atoms with van der Waals surface area (Å²) in [5.74, 6) is -0.541. The quantitative estimate of drug-likeness (QED) is 0.105. The van der Waals surface area contributed by atoms with Crippen LogP contribution in [0.2, 0.25) is 4.34 Å². The summed E-state index contributed by atoms with van der Waals surface area (Å²) in [6, 6.07) is 37.2. The van der Waals surface area contributed by atoms with E-state index in [1.807, 2.05) is 36.4 Å². The molecule has 3 amide bonds. The number of furan rings is 2. The zero-order chi connectivity index (χ0) is 60.0. The molecule has 3 atom stereocenters. The third-order valence-corrected chi connectivity index (χ3v) is 18.8. The van der Waals surface area contributed by atoms with Crippen molar-refractivity contribution in [3.05, 3.63) is 204 Å². The van der Waals surface area contributed by atoms with E-state index < -0.39 is 34.4 Å². The van der Waals surface area contributed by atoms with E-state index >= 15 is 18.8 Å². The fraction of sp³-hybridized carbons (Fsp3) is 0.227. The molecule has 16 rings (SSSR count). The molecule has 0 saturated carbocycles. The van der Waals surface area contributed by atoms with Gasteiger partial charge in [-0.25, -0.2) is 14.4 Å². The van der Waals surface area contributed by atoms with Gasteiger partial charge in [0.25, 0.3) is 17.7 Å². The van der Waals surface area contributed by atoms with Crippen LogP contribution in [0.3, 0.4) is 0 Å². The van der Waals surface area contributed by atoms with Crippen LogP contribution in [0.15, 0.2) is 124 Å². The molecule has 0 bridgehead atoms. The van der Waals surface area contributed by atoms with Gasteiger partial charge in [-0.15, -0.1) is 11.3 Å². The van der Waals surface area contributed by atoms with Crippen molar-refractivity contribution in [2.75, 3.05) is 55.5 Å². The van der Waals surface area contributed by atoms with Crippen LogP contribution in [0.5, 0.6) is 23.3 Å². The Hall–Kier alpha value is -9.87. The molecule has 0 fully saturated rings. The number of benzene rings is 4. The van der Waals surface area contributed by atoms with Crippen molar-refractivity contribution in [1.29, 1.82) is 10.5 Å². The second-order valence-corrected chi connectivity index (χ2v) is 23.8. The fourth-order valence-electron chi connectivity index (χ4n) is 13.9. The van der Waals surface area contributed by atoms with Crippen LogP contribution in [0.1, 0.15) is 78.3 Å². The molecule has 88 heavy (non-hydrogen) atoms. The van der Waals surface area contributed by atoms with Crippen molar-refractivity contribution < 1.29 is 60.8 Å². The van der Waals surface area contributed by atoms with Crippen molar-refractivity contribution in [2.24, 2.45) is 0 Å². The lowest BCUT2D eigenvalue weighted by atomic mass is 9.82. The van der Waals surface area contributed by atoms with Crippen molar-refractivity contribution in [1.82, 2.24) is 9.97 Å². The van der Waals surface area contributed by atoms with Crippen LogP contribution in [0, 0.1) is 28.5 Å². The molecule has 19 nitrogen and oxygen atoms in total. The van der Waals surface area contributed by atoms with E-state index in [1.54, 1.807) is 71.6 Å². The first kappa shape index (κ1) is 53.6. The molecular weight excluding hydrogens is 1170 g/mol. The number of halogens is 2. The number of hydrogen-bond acceptors (Lipinski definition) is 17. The van der Waals surface area contributed by atoms with Gasteiger partial charge in [0.15, 0.2) is 17.1 Å². The third kappa shape index (κ3) is 7.58. The van der Waals surface area contributed by atoms with Crippen molar-refractivity contribution in [3.8, 4) is 57.7 Å². The van der Waals surface area contributed by atoms with Crippen molar-refractivity contribution in [3.63, 3.8) is 0 Å². The molecule has 22 heteroatoms. The Labute approximate surface area is 509 Å². The van der Waals surface area contributed by atoms with Crippen LogP contribution >= 0.6 is 22.9 Å². The van der Waals surface area contributed by atoms with Gasteiger partial charge in [0.1, 0.15) is 29.5 Å². The molecular formula is C66H45ClFN7O12S. The maximum Gasteiger partial charge on any atom is 0.270 e. The molecule has 7 aliphatic rings. The molecule has 9 aromatic rings. The minimum absolute atomic E-state index is 0.0127. The lowest BCUT2D eigenvalue weighted by Gasteiger charge is -2.34. The number of carbonyl (C=O) groups is 3. The first-order chi connectivity index (χ1) is 42.9. The summed E-state index contributed by atoms with van der Waals surface area (Å²) in [6.45, 7) is 0.184. The molecule has 4 aromatic carbocycles. The van der Waals surface area contributed by atoms with E-state index in [0.29, 0.717) is 96.5 Å². The molecule has 7 aliphatic heterocycles. The minimum atomic E-state index is -1.91. The number of amides is 3. The predicted molar refractivity (Wildman–Crippen MR) is 312 cm³/mol. The highest BCUT2D eigenvalue weighted by Gasteiger charge is 2.61. The van der Waals surface area contributed by atoms with Gasteiger partial charge in [0.2, 0.25) is 41.3 Å². The maximum absolute atomic E-state index is 16.3. The number of nitrogens with zero attached hydrogens (tertiary/aromatic N) is 7. The van der Waals surface area contributed by atoms with Crippen LogP contribution in [-0.4, -0.2) is 68.5 Å². The highest BCUT2D eigenvalue weighted by Crippen LogP contribution is 2.57. The molecule has 3 unspecified atom stereocenters. The van der Waals surface area contributed by atoms with Crippen LogP contribution < -0.4 is 33.6 Å². The fourth-order valence-corrected chi connectivity index (χ4v) is 15.0. The Bertz CT molecular complexity index is 4640. The smallest absolute Gasteiger partial charge is 0.270 e. The zero-order valence-corrected chi connectivity index (χ0v) is 48.3. The summed E-state index contributed by atoms with van der Waals surface area (Å²) in [4.78, 5) is 61.6. The second kappa shape index (κ2) is 19.8. The Kier molecular flexibility index (Phi) is 12.1. The SMILES string of the molecule is COc1cc(-c2cc(C#N)oc2CN2C(=O)C3(c4ccc5c(c4)OCO5)OCCc4cccc2c43)cc(C23OCCc4cccc(c42)N(Cc2oc(C#N)cc2-c2cc(OC)nc(C45OCCc6ccc(F)c(c64)N(Cc4ccc(Cl)s4)C5=O)c2)C3=O)n1. The van der Waals surface area contributed by atoms with Crippen molar-refractivity contribution in [2.45, 2.75) is 55.7 Å². The highest BCUT2D eigenvalue weighted by molar-refractivity contribution is 7.16. The van der Waals surface area contributed by atoms with E-state index in [9.17, 15) is 10.5 Å². The number of ether oxygens (including phenoxy) is 7. The number of anilines is 3. The molecule has 5 aromatic heterocycles. The number of aromatic nitrogens is 2. The van der Waals surface area contributed by atoms with Gasteiger partial charge in [0, 0.05) is 62.5 Å². The van der Waals surface area contributed by atoms with Crippen molar-refractivity contribution >= 4 is 57.7 Å². The van der Waals surface area contributed by atoms with Gasteiger partial charge in [-0.3, -0.25) is 14.4 Å². The molecule has 0 radical (unpaired) electrons. The van der Waals surface area contributed by atoms with E-state index in [-0.39, 0.29) is 104 Å². The van der Waals surface area contributed by atoms with E-state index in [4.69, 9.17) is 63.6 Å². The number of carbonyl (C=O) groups excluding carboxylic acids is 3. The topological polar surface area (TPSA) is 225 Å². The van der Waals surface area contributed by atoms with Gasteiger partial charge >= 0.3 is 0 Å². The molecule has 0 spiro atoms. The largest absolute Gasteiger partial charge is 0.481 e.